The maximum Gasteiger partial charge on any atom is 0.355 e. The topological polar surface area (TPSA) is 106 Å². The Bertz CT molecular complexity index is 1230. The van der Waals surface area contributed by atoms with Crippen LogP contribution in [0.15, 0.2) is 71.2 Å². The smallest absolute Gasteiger partial charge is 0.355 e. The molecular formula is C25H22FN3O4. The van der Waals surface area contributed by atoms with Crippen LogP contribution in [-0.4, -0.2) is 26.2 Å². The number of rotatable bonds is 5. The lowest BCUT2D eigenvalue weighted by molar-refractivity contribution is -0.139. The molecule has 1 atom stereocenters. The number of anilines is 1. The van der Waals surface area contributed by atoms with Crippen molar-refractivity contribution in [1.82, 2.24) is 0 Å². The number of carbonyl (C=O) groups is 2. The van der Waals surface area contributed by atoms with Crippen LogP contribution in [0.4, 0.5) is 10.1 Å². The van der Waals surface area contributed by atoms with Gasteiger partial charge in [-0.1, -0.05) is 30.3 Å². The molecule has 2 aromatic rings. The lowest BCUT2D eigenvalue weighted by Crippen LogP contribution is -2.40. The highest BCUT2D eigenvalue weighted by molar-refractivity contribution is 6.06. The molecule has 7 nitrogen and oxygen atoms in total. The summed E-state index contributed by atoms with van der Waals surface area (Å²) in [6.45, 7) is 0. The van der Waals surface area contributed by atoms with Gasteiger partial charge in [0.15, 0.2) is 0 Å². The van der Waals surface area contributed by atoms with E-state index in [9.17, 15) is 19.2 Å². The fraction of sp³-hybridized carbons (Fsp3) is 0.240. The Morgan fingerprint density at radius 2 is 1.76 bits per heavy atom. The van der Waals surface area contributed by atoms with E-state index in [1.807, 2.05) is 0 Å². The number of methoxy groups -OCH3 is 2. The van der Waals surface area contributed by atoms with Crippen molar-refractivity contribution in [1.29, 1.82) is 5.26 Å². The molecule has 8 heteroatoms. The van der Waals surface area contributed by atoms with Crippen molar-refractivity contribution in [2.45, 2.75) is 24.7 Å². The number of hydrogen-bond acceptors (Lipinski definition) is 7. The van der Waals surface area contributed by atoms with Crippen LogP contribution in [0, 0.1) is 17.1 Å². The summed E-state index contributed by atoms with van der Waals surface area (Å²) < 4.78 is 24.4. The third kappa shape index (κ3) is 3.82. The maximum absolute atomic E-state index is 14.4. The van der Waals surface area contributed by atoms with Gasteiger partial charge in [-0.2, -0.15) is 5.26 Å². The Labute approximate surface area is 190 Å². The van der Waals surface area contributed by atoms with Crippen molar-refractivity contribution in [2.75, 3.05) is 19.1 Å². The Kier molecular flexibility index (Phi) is 5.88. The molecule has 1 aliphatic heterocycles. The van der Waals surface area contributed by atoms with Crippen LogP contribution >= 0.6 is 0 Å². The van der Waals surface area contributed by atoms with E-state index in [-0.39, 0.29) is 34.4 Å². The predicted molar refractivity (Wildman–Crippen MR) is 118 cm³/mol. The third-order valence-electron chi connectivity index (χ3n) is 5.87. The molecule has 0 saturated heterocycles. The number of ether oxygens (including phenoxy) is 2. The van der Waals surface area contributed by atoms with E-state index in [0.29, 0.717) is 16.8 Å². The van der Waals surface area contributed by atoms with Crippen molar-refractivity contribution in [2.24, 2.45) is 5.73 Å². The van der Waals surface area contributed by atoms with Crippen molar-refractivity contribution >= 4 is 17.6 Å². The second-order valence-electron chi connectivity index (χ2n) is 7.82. The van der Waals surface area contributed by atoms with Crippen LogP contribution in [0.3, 0.4) is 0 Å². The van der Waals surface area contributed by atoms with Crippen molar-refractivity contribution < 1.29 is 23.5 Å². The number of hydrogen-bond donors (Lipinski definition) is 1. The zero-order valence-electron chi connectivity index (χ0n) is 18.2. The average Bonchev–Trinajstić information content (AvgIpc) is 3.68. The summed E-state index contributed by atoms with van der Waals surface area (Å²) in [4.78, 5) is 27.3. The minimum Gasteiger partial charge on any atom is -0.466 e. The van der Waals surface area contributed by atoms with Gasteiger partial charge in [0.25, 0.3) is 0 Å². The first-order valence-electron chi connectivity index (χ1n) is 10.4. The minimum absolute atomic E-state index is 0.0484. The molecule has 0 amide bonds. The molecule has 0 bridgehead atoms. The number of halogens is 1. The first kappa shape index (κ1) is 22.1. The van der Waals surface area contributed by atoms with Gasteiger partial charge >= 0.3 is 11.9 Å². The lowest BCUT2D eigenvalue weighted by Gasteiger charge is -2.36. The van der Waals surface area contributed by atoms with Crippen LogP contribution in [0.1, 0.15) is 35.8 Å². The molecule has 1 aliphatic carbocycles. The summed E-state index contributed by atoms with van der Waals surface area (Å²) in [5.74, 6) is -2.92. The largest absolute Gasteiger partial charge is 0.466 e. The van der Waals surface area contributed by atoms with E-state index in [1.165, 1.54) is 31.3 Å². The second kappa shape index (κ2) is 8.79. The summed E-state index contributed by atoms with van der Waals surface area (Å²) in [6.07, 6.45) is 1.72. The summed E-state index contributed by atoms with van der Waals surface area (Å²) >= 11 is 0. The highest BCUT2D eigenvalue weighted by atomic mass is 19.1. The Hall–Kier alpha value is -4.12. The molecular weight excluding hydrogens is 425 g/mol. The molecule has 0 spiro atoms. The molecule has 1 saturated carbocycles. The van der Waals surface area contributed by atoms with Crippen molar-refractivity contribution in [3.05, 3.63) is 88.1 Å². The number of nitriles is 1. The predicted octanol–water partition coefficient (Wildman–Crippen LogP) is 3.60. The number of esters is 2. The van der Waals surface area contributed by atoms with Gasteiger partial charge in [0.2, 0.25) is 0 Å². The van der Waals surface area contributed by atoms with E-state index < -0.39 is 17.9 Å². The highest BCUT2D eigenvalue weighted by Crippen LogP contribution is 2.46. The third-order valence-corrected chi connectivity index (χ3v) is 5.87. The minimum atomic E-state index is -0.947. The zero-order chi connectivity index (χ0) is 23.7. The van der Waals surface area contributed by atoms with Gasteiger partial charge < -0.3 is 15.2 Å². The Morgan fingerprint density at radius 3 is 2.33 bits per heavy atom. The van der Waals surface area contributed by atoms with Gasteiger partial charge in [-0.3, -0.25) is 4.90 Å². The molecule has 0 aromatic heterocycles. The molecule has 1 unspecified atom stereocenters. The van der Waals surface area contributed by atoms with Crippen LogP contribution in [0.25, 0.3) is 0 Å². The van der Waals surface area contributed by atoms with Crippen molar-refractivity contribution in [3.8, 4) is 6.07 Å². The van der Waals surface area contributed by atoms with E-state index >= 15 is 0 Å². The van der Waals surface area contributed by atoms with E-state index in [4.69, 9.17) is 15.2 Å². The molecule has 2 aliphatic rings. The van der Waals surface area contributed by atoms with Crippen LogP contribution in [0.2, 0.25) is 0 Å². The Balaban J connectivity index is 2.03. The number of nitrogens with two attached hydrogens (primary N) is 1. The second-order valence-corrected chi connectivity index (χ2v) is 7.82. The lowest BCUT2D eigenvalue weighted by atomic mass is 9.81. The molecule has 4 rings (SSSR count). The number of benzene rings is 2. The van der Waals surface area contributed by atoms with Gasteiger partial charge in [-0.15, -0.1) is 0 Å². The fourth-order valence-electron chi connectivity index (χ4n) is 4.16. The van der Waals surface area contributed by atoms with Gasteiger partial charge in [0.05, 0.1) is 37.4 Å². The van der Waals surface area contributed by atoms with E-state index in [0.717, 1.165) is 12.8 Å². The maximum atomic E-state index is 14.4. The number of carbonyl (C=O) groups excluding carboxylic acids is 2. The normalized spacial score (nSPS) is 18.1. The van der Waals surface area contributed by atoms with E-state index in [2.05, 4.69) is 6.07 Å². The first-order valence-corrected chi connectivity index (χ1v) is 10.4. The van der Waals surface area contributed by atoms with Gasteiger partial charge in [0.1, 0.15) is 17.3 Å². The van der Waals surface area contributed by atoms with Gasteiger partial charge in [-0.25, -0.2) is 14.0 Å². The number of nitrogens with zero attached hydrogens (tertiary/aromatic N) is 2. The summed E-state index contributed by atoms with van der Waals surface area (Å²) in [5, 5.41) is 10.0. The average molecular weight is 447 g/mol. The Morgan fingerprint density at radius 1 is 1.09 bits per heavy atom. The highest BCUT2D eigenvalue weighted by Gasteiger charge is 2.43. The molecule has 1 fully saturated rings. The molecule has 168 valence electrons. The summed E-state index contributed by atoms with van der Waals surface area (Å²) in [6, 6.07) is 15.2. The monoisotopic (exact) mass is 447 g/mol. The van der Waals surface area contributed by atoms with Crippen LogP contribution in [-0.2, 0) is 19.1 Å². The SMILES string of the molecule is COC(=O)C1=C(C(=O)OC)N(c2ccc(F)c(C3CC3)c2)C(N)=C(C#N)C1c1ccccc1. The number of allylic oxidation sites excluding steroid dienone is 1. The summed E-state index contributed by atoms with van der Waals surface area (Å²) in [5.41, 5.74) is 7.67. The van der Waals surface area contributed by atoms with Crippen LogP contribution in [0.5, 0.6) is 0 Å². The standard InChI is InChI=1S/C25H22FN3O4/c1-32-24(30)21-20(15-6-4-3-5-7-15)18(13-27)23(28)29(22(21)25(31)33-2)16-10-11-19(26)17(12-16)14-8-9-14/h3-7,10-12,14,20H,8-9,28H2,1-2H3. The first-order chi connectivity index (χ1) is 15.9. The molecule has 0 radical (unpaired) electrons. The van der Waals surface area contributed by atoms with Crippen LogP contribution < -0.4 is 10.6 Å². The van der Waals surface area contributed by atoms with Gasteiger partial charge in [-0.05, 0) is 48.1 Å². The van der Waals surface area contributed by atoms with Crippen molar-refractivity contribution in [3.63, 3.8) is 0 Å². The molecule has 2 N–H and O–H groups in total. The molecule has 2 aromatic carbocycles. The van der Waals surface area contributed by atoms with Gasteiger partial charge in [0, 0.05) is 5.69 Å². The molecule has 33 heavy (non-hydrogen) atoms. The fourth-order valence-corrected chi connectivity index (χ4v) is 4.16. The quantitative estimate of drug-likeness (QED) is 0.698. The van der Waals surface area contributed by atoms with E-state index in [1.54, 1.807) is 36.4 Å². The summed E-state index contributed by atoms with van der Waals surface area (Å²) in [7, 11) is 2.37. The molecule has 1 heterocycles. The zero-order valence-corrected chi connectivity index (χ0v) is 18.2.